The van der Waals surface area contributed by atoms with E-state index in [0.717, 1.165) is 6.42 Å². The van der Waals surface area contributed by atoms with Crippen molar-refractivity contribution in [2.45, 2.75) is 46.1 Å². The normalized spacial score (nSPS) is 11.5. The minimum atomic E-state index is 1.14. The molecule has 0 spiro atoms. The summed E-state index contributed by atoms with van der Waals surface area (Å²) in [6.45, 7) is 13.5. The first-order valence-corrected chi connectivity index (χ1v) is 7.76. The van der Waals surface area contributed by atoms with E-state index in [4.69, 9.17) is 0 Å². The van der Waals surface area contributed by atoms with Gasteiger partial charge in [-0.3, -0.25) is 0 Å². The van der Waals surface area contributed by atoms with Gasteiger partial charge in [0.1, 0.15) is 6.54 Å². The first kappa shape index (κ1) is 16.0. The molecule has 0 radical (unpaired) electrons. The summed E-state index contributed by atoms with van der Waals surface area (Å²) in [7, 11) is 0. The highest BCUT2D eigenvalue weighted by Crippen LogP contribution is 2.18. The zero-order valence-electron chi connectivity index (χ0n) is 12.8. The average Bonchev–Trinajstić information content (AvgIpc) is 2.41. The molecule has 106 valence electrons. The van der Waals surface area contributed by atoms with E-state index < -0.39 is 0 Å². The van der Waals surface area contributed by atoms with Crippen molar-refractivity contribution in [3.8, 4) is 0 Å². The molecule has 1 heteroatoms. The molecular formula is C18H30N+. The van der Waals surface area contributed by atoms with E-state index in [1.165, 1.54) is 55.5 Å². The van der Waals surface area contributed by atoms with Crippen LogP contribution in [0.3, 0.4) is 0 Å². The monoisotopic (exact) mass is 260 g/mol. The van der Waals surface area contributed by atoms with Crippen LogP contribution in [0.5, 0.6) is 0 Å². The average molecular weight is 260 g/mol. The molecule has 0 atom stereocenters. The highest BCUT2D eigenvalue weighted by molar-refractivity contribution is 5.13. The Kier molecular flexibility index (Phi) is 7.50. The van der Waals surface area contributed by atoms with E-state index >= 15 is 0 Å². The molecule has 1 aromatic carbocycles. The number of hydrogen-bond acceptors (Lipinski definition) is 0. The molecule has 0 unspecified atom stereocenters. The van der Waals surface area contributed by atoms with E-state index in [1.54, 1.807) is 0 Å². The summed E-state index contributed by atoms with van der Waals surface area (Å²) < 4.78 is 1.24. The van der Waals surface area contributed by atoms with Crippen molar-refractivity contribution in [1.29, 1.82) is 0 Å². The number of unbranched alkanes of at least 4 members (excludes halogenated alkanes) is 1. The van der Waals surface area contributed by atoms with Gasteiger partial charge in [0.05, 0.1) is 19.6 Å². The molecule has 0 aliphatic rings. The lowest BCUT2D eigenvalue weighted by Crippen LogP contribution is -2.49. The maximum Gasteiger partial charge on any atom is 0.104 e. The molecule has 0 fully saturated rings. The van der Waals surface area contributed by atoms with Crippen molar-refractivity contribution in [2.75, 3.05) is 19.6 Å². The third kappa shape index (κ3) is 5.61. The standard InChI is InChI=1S/C18H30N/c1-4-7-11-16-19(14-5-2,15-6-3)17-18-12-9-8-10-13-18/h4,8-10,12-13H,1,5-7,11,14-17H2,2-3H3/q+1. The van der Waals surface area contributed by atoms with Crippen molar-refractivity contribution < 1.29 is 4.48 Å². The van der Waals surface area contributed by atoms with Crippen LogP contribution in [0.25, 0.3) is 0 Å². The zero-order chi connectivity index (χ0) is 14.0. The van der Waals surface area contributed by atoms with Gasteiger partial charge in [0.25, 0.3) is 0 Å². The molecule has 0 amide bonds. The number of nitrogens with zero attached hydrogens (tertiary/aromatic N) is 1. The Morgan fingerprint density at radius 3 is 2.16 bits per heavy atom. The fourth-order valence-corrected chi connectivity index (χ4v) is 3.06. The number of quaternary nitrogens is 1. The van der Waals surface area contributed by atoms with E-state index in [2.05, 4.69) is 56.8 Å². The first-order chi connectivity index (χ1) is 9.26. The van der Waals surface area contributed by atoms with Crippen molar-refractivity contribution in [3.05, 3.63) is 48.6 Å². The molecule has 0 saturated heterocycles. The van der Waals surface area contributed by atoms with E-state index in [1.807, 2.05) is 0 Å². The van der Waals surface area contributed by atoms with Gasteiger partial charge in [-0.25, -0.2) is 0 Å². The number of allylic oxidation sites excluding steroid dienone is 1. The molecule has 0 aromatic heterocycles. The van der Waals surface area contributed by atoms with Gasteiger partial charge in [0.15, 0.2) is 0 Å². The van der Waals surface area contributed by atoms with Crippen LogP contribution in [0.1, 0.15) is 45.1 Å². The van der Waals surface area contributed by atoms with Crippen molar-refractivity contribution in [3.63, 3.8) is 0 Å². The summed E-state index contributed by atoms with van der Waals surface area (Å²) in [5.41, 5.74) is 1.48. The molecule has 0 bridgehead atoms. The maximum atomic E-state index is 3.85. The van der Waals surface area contributed by atoms with E-state index in [0.29, 0.717) is 0 Å². The first-order valence-electron chi connectivity index (χ1n) is 7.76. The largest absolute Gasteiger partial charge is 0.320 e. The van der Waals surface area contributed by atoms with Gasteiger partial charge in [0.2, 0.25) is 0 Å². The molecule has 0 N–H and O–H groups in total. The summed E-state index contributed by atoms with van der Waals surface area (Å²) in [6, 6.07) is 11.0. The lowest BCUT2D eigenvalue weighted by atomic mass is 10.1. The molecule has 0 heterocycles. The highest BCUT2D eigenvalue weighted by atomic mass is 15.3. The molecule has 0 aliphatic heterocycles. The second-order valence-corrected chi connectivity index (χ2v) is 5.59. The third-order valence-electron chi connectivity index (χ3n) is 3.80. The van der Waals surface area contributed by atoms with Crippen molar-refractivity contribution in [2.24, 2.45) is 0 Å². The molecule has 1 nitrogen and oxygen atoms in total. The lowest BCUT2D eigenvalue weighted by molar-refractivity contribution is -0.941. The van der Waals surface area contributed by atoms with Gasteiger partial charge < -0.3 is 4.48 Å². The Morgan fingerprint density at radius 2 is 1.63 bits per heavy atom. The predicted octanol–water partition coefficient (Wildman–Crippen LogP) is 4.79. The van der Waals surface area contributed by atoms with E-state index in [9.17, 15) is 0 Å². The smallest absolute Gasteiger partial charge is 0.104 e. The van der Waals surface area contributed by atoms with Crippen LogP contribution in [0.2, 0.25) is 0 Å². The highest BCUT2D eigenvalue weighted by Gasteiger charge is 2.25. The van der Waals surface area contributed by atoms with Crippen LogP contribution in [0, 0.1) is 0 Å². The number of rotatable bonds is 10. The fourth-order valence-electron chi connectivity index (χ4n) is 3.06. The molecule has 1 rings (SSSR count). The summed E-state index contributed by atoms with van der Waals surface area (Å²) in [5, 5.41) is 0. The molecule has 0 aliphatic carbocycles. The molecule has 1 aromatic rings. The van der Waals surface area contributed by atoms with Gasteiger partial charge in [0, 0.05) is 12.0 Å². The summed E-state index contributed by atoms with van der Waals surface area (Å²) in [4.78, 5) is 0. The second kappa shape index (κ2) is 8.92. The maximum absolute atomic E-state index is 3.85. The topological polar surface area (TPSA) is 0 Å². The third-order valence-corrected chi connectivity index (χ3v) is 3.80. The minimum Gasteiger partial charge on any atom is -0.320 e. The Hall–Kier alpha value is -1.08. The van der Waals surface area contributed by atoms with E-state index in [-0.39, 0.29) is 0 Å². The van der Waals surface area contributed by atoms with Gasteiger partial charge >= 0.3 is 0 Å². The minimum absolute atomic E-state index is 1.14. The fraction of sp³-hybridized carbons (Fsp3) is 0.556. The van der Waals surface area contributed by atoms with Crippen LogP contribution in [-0.2, 0) is 6.54 Å². The molecule has 19 heavy (non-hydrogen) atoms. The van der Waals surface area contributed by atoms with Crippen molar-refractivity contribution in [1.82, 2.24) is 0 Å². The Morgan fingerprint density at radius 1 is 1.00 bits per heavy atom. The second-order valence-electron chi connectivity index (χ2n) is 5.59. The number of hydrogen-bond donors (Lipinski definition) is 0. The SMILES string of the molecule is C=CCCC[N+](CCC)(CCC)Cc1ccccc1. The predicted molar refractivity (Wildman–Crippen MR) is 85.0 cm³/mol. The Bertz CT molecular complexity index is 336. The Labute approximate surface area is 119 Å². The van der Waals surface area contributed by atoms with Crippen LogP contribution in [0.4, 0.5) is 0 Å². The quantitative estimate of drug-likeness (QED) is 0.322. The molecule has 0 saturated carbocycles. The summed E-state index contributed by atoms with van der Waals surface area (Å²) in [6.07, 6.45) is 6.98. The lowest BCUT2D eigenvalue weighted by Gasteiger charge is -2.39. The van der Waals surface area contributed by atoms with Crippen LogP contribution in [-0.4, -0.2) is 24.1 Å². The summed E-state index contributed by atoms with van der Waals surface area (Å²) >= 11 is 0. The van der Waals surface area contributed by atoms with Crippen molar-refractivity contribution >= 4 is 0 Å². The molecular weight excluding hydrogens is 230 g/mol. The van der Waals surface area contributed by atoms with Gasteiger partial charge in [-0.15, -0.1) is 6.58 Å². The van der Waals surface area contributed by atoms with Crippen LogP contribution < -0.4 is 0 Å². The van der Waals surface area contributed by atoms with Crippen LogP contribution >= 0.6 is 0 Å². The van der Waals surface area contributed by atoms with Crippen LogP contribution in [0.15, 0.2) is 43.0 Å². The number of benzene rings is 1. The van der Waals surface area contributed by atoms with Gasteiger partial charge in [-0.1, -0.05) is 50.3 Å². The summed E-state index contributed by atoms with van der Waals surface area (Å²) in [5.74, 6) is 0. The van der Waals surface area contributed by atoms with Gasteiger partial charge in [-0.05, 0) is 19.3 Å². The Balaban J connectivity index is 2.77. The zero-order valence-corrected chi connectivity index (χ0v) is 12.8. The van der Waals surface area contributed by atoms with Gasteiger partial charge in [-0.2, -0.15) is 0 Å².